The molecule has 0 fully saturated rings. The fraction of sp³-hybridized carbons (Fsp3) is 0.375. The van der Waals surface area contributed by atoms with Crippen LogP contribution in [0.5, 0.6) is 5.75 Å². The van der Waals surface area contributed by atoms with Crippen molar-refractivity contribution in [2.24, 2.45) is 12.2 Å². The van der Waals surface area contributed by atoms with Gasteiger partial charge >= 0.3 is 0 Å². The van der Waals surface area contributed by atoms with Crippen LogP contribution in [-0.2, 0) is 20.1 Å². The second kappa shape index (κ2) is 6.92. The molecule has 112 valence electrons. The SMILES string of the molecule is CCC(=NO)c1ccc(OCc2cc(CC)nn2C)cc1. The molecule has 1 aromatic carbocycles. The molecule has 0 radical (unpaired) electrons. The van der Waals surface area contributed by atoms with Crippen LogP contribution >= 0.6 is 0 Å². The predicted octanol–water partition coefficient (Wildman–Crippen LogP) is 3.15. The molecule has 0 saturated carbocycles. The van der Waals surface area contributed by atoms with E-state index in [1.54, 1.807) is 0 Å². The minimum atomic E-state index is 0.484. The highest BCUT2D eigenvalue weighted by molar-refractivity contribution is 6.00. The van der Waals surface area contributed by atoms with Gasteiger partial charge in [-0.25, -0.2) is 0 Å². The van der Waals surface area contributed by atoms with Gasteiger partial charge in [0.05, 0.1) is 17.1 Å². The Balaban J connectivity index is 2.02. The number of aromatic nitrogens is 2. The zero-order valence-corrected chi connectivity index (χ0v) is 12.7. The van der Waals surface area contributed by atoms with Gasteiger partial charge in [-0.2, -0.15) is 5.10 Å². The molecule has 0 unspecified atom stereocenters. The topological polar surface area (TPSA) is 59.6 Å². The molecule has 0 atom stereocenters. The number of ether oxygens (including phenoxy) is 1. The predicted molar refractivity (Wildman–Crippen MR) is 82.0 cm³/mol. The fourth-order valence-electron chi connectivity index (χ4n) is 2.11. The van der Waals surface area contributed by atoms with E-state index >= 15 is 0 Å². The smallest absolute Gasteiger partial charge is 0.130 e. The highest BCUT2D eigenvalue weighted by atomic mass is 16.5. The summed E-state index contributed by atoms with van der Waals surface area (Å²) in [6.07, 6.45) is 1.61. The molecule has 1 N–H and O–H groups in total. The van der Waals surface area contributed by atoms with Crippen molar-refractivity contribution < 1.29 is 9.94 Å². The van der Waals surface area contributed by atoms with Gasteiger partial charge in [0.1, 0.15) is 12.4 Å². The van der Waals surface area contributed by atoms with E-state index < -0.39 is 0 Å². The van der Waals surface area contributed by atoms with Crippen molar-refractivity contribution in [1.29, 1.82) is 0 Å². The summed E-state index contributed by atoms with van der Waals surface area (Å²) in [5.74, 6) is 0.784. The molecule has 0 aliphatic heterocycles. The maximum atomic E-state index is 8.90. The molecule has 0 spiro atoms. The summed E-state index contributed by atoms with van der Waals surface area (Å²) in [5.41, 5.74) is 3.68. The van der Waals surface area contributed by atoms with Crippen molar-refractivity contribution in [2.75, 3.05) is 0 Å². The van der Waals surface area contributed by atoms with Gasteiger partial charge in [0.25, 0.3) is 0 Å². The first kappa shape index (κ1) is 15.1. The Morgan fingerprint density at radius 2 is 2.00 bits per heavy atom. The third kappa shape index (κ3) is 3.62. The molecule has 0 amide bonds. The lowest BCUT2D eigenvalue weighted by molar-refractivity contribution is 0.295. The Labute approximate surface area is 124 Å². The molecule has 2 aromatic rings. The molecular formula is C16H21N3O2. The third-order valence-electron chi connectivity index (χ3n) is 3.42. The van der Waals surface area contributed by atoms with E-state index in [4.69, 9.17) is 9.94 Å². The van der Waals surface area contributed by atoms with Crippen molar-refractivity contribution in [3.63, 3.8) is 0 Å². The first-order chi connectivity index (χ1) is 10.2. The summed E-state index contributed by atoms with van der Waals surface area (Å²) >= 11 is 0. The maximum absolute atomic E-state index is 8.90. The van der Waals surface area contributed by atoms with Gasteiger partial charge in [0.15, 0.2) is 0 Å². The van der Waals surface area contributed by atoms with Crippen LogP contribution in [0, 0.1) is 0 Å². The number of hydrogen-bond donors (Lipinski definition) is 1. The Morgan fingerprint density at radius 3 is 2.52 bits per heavy atom. The molecule has 0 aliphatic rings. The fourth-order valence-corrected chi connectivity index (χ4v) is 2.11. The number of oxime groups is 1. The van der Waals surface area contributed by atoms with Crippen molar-refractivity contribution >= 4 is 5.71 Å². The average molecular weight is 287 g/mol. The van der Waals surface area contributed by atoms with E-state index in [2.05, 4.69) is 23.2 Å². The lowest BCUT2D eigenvalue weighted by atomic mass is 10.1. The van der Waals surface area contributed by atoms with Crippen molar-refractivity contribution in [3.05, 3.63) is 47.3 Å². The van der Waals surface area contributed by atoms with Crippen LogP contribution in [-0.4, -0.2) is 20.7 Å². The number of nitrogens with zero attached hydrogens (tertiary/aromatic N) is 3. The first-order valence-electron chi connectivity index (χ1n) is 7.13. The van der Waals surface area contributed by atoms with E-state index in [0.717, 1.165) is 29.1 Å². The zero-order valence-electron chi connectivity index (χ0n) is 12.7. The Bertz CT molecular complexity index is 615. The second-order valence-electron chi connectivity index (χ2n) is 4.82. The quantitative estimate of drug-likeness (QED) is 0.504. The van der Waals surface area contributed by atoms with Crippen LogP contribution in [0.4, 0.5) is 0 Å². The van der Waals surface area contributed by atoms with Gasteiger partial charge in [-0.3, -0.25) is 4.68 Å². The van der Waals surface area contributed by atoms with Gasteiger partial charge in [0.2, 0.25) is 0 Å². The molecule has 1 heterocycles. The Hall–Kier alpha value is -2.30. The lowest BCUT2D eigenvalue weighted by Crippen LogP contribution is -2.03. The molecular weight excluding hydrogens is 266 g/mol. The van der Waals surface area contributed by atoms with Crippen LogP contribution in [0.2, 0.25) is 0 Å². The summed E-state index contributed by atoms with van der Waals surface area (Å²) in [6, 6.07) is 9.62. The Morgan fingerprint density at radius 1 is 1.29 bits per heavy atom. The van der Waals surface area contributed by atoms with Gasteiger partial charge in [-0.1, -0.05) is 19.0 Å². The largest absolute Gasteiger partial charge is 0.487 e. The summed E-state index contributed by atoms with van der Waals surface area (Å²) < 4.78 is 7.62. The van der Waals surface area contributed by atoms with E-state index in [9.17, 15) is 0 Å². The van der Waals surface area contributed by atoms with Crippen molar-refractivity contribution in [3.8, 4) is 5.75 Å². The van der Waals surface area contributed by atoms with E-state index in [0.29, 0.717) is 18.7 Å². The third-order valence-corrected chi connectivity index (χ3v) is 3.42. The number of hydrogen-bond acceptors (Lipinski definition) is 4. The average Bonchev–Trinajstić information content (AvgIpc) is 2.88. The highest BCUT2D eigenvalue weighted by Gasteiger charge is 2.06. The molecule has 1 aromatic heterocycles. The number of rotatable bonds is 6. The normalized spacial score (nSPS) is 11.7. The maximum Gasteiger partial charge on any atom is 0.130 e. The van der Waals surface area contributed by atoms with Gasteiger partial charge in [0, 0.05) is 7.05 Å². The van der Waals surface area contributed by atoms with E-state index in [1.807, 2.05) is 42.9 Å². The number of benzene rings is 1. The molecule has 0 saturated heterocycles. The highest BCUT2D eigenvalue weighted by Crippen LogP contribution is 2.16. The molecule has 0 aliphatic carbocycles. The standard InChI is InChI=1S/C16H21N3O2/c1-4-13-10-14(19(3)17-13)11-21-15-8-6-12(7-9-15)16(5-2)18-20/h6-10,20H,4-5,11H2,1-3H3. The van der Waals surface area contributed by atoms with Crippen molar-refractivity contribution in [1.82, 2.24) is 9.78 Å². The van der Waals surface area contributed by atoms with Crippen LogP contribution < -0.4 is 4.74 Å². The molecule has 2 rings (SSSR count). The monoisotopic (exact) mass is 287 g/mol. The summed E-state index contributed by atoms with van der Waals surface area (Å²) in [7, 11) is 1.92. The molecule has 0 bridgehead atoms. The van der Waals surface area contributed by atoms with E-state index in [-0.39, 0.29) is 0 Å². The van der Waals surface area contributed by atoms with Gasteiger partial charge in [-0.15, -0.1) is 0 Å². The van der Waals surface area contributed by atoms with Gasteiger partial charge in [-0.05, 0) is 48.7 Å². The van der Waals surface area contributed by atoms with E-state index in [1.165, 1.54) is 0 Å². The minimum Gasteiger partial charge on any atom is -0.487 e. The molecule has 5 nitrogen and oxygen atoms in total. The summed E-state index contributed by atoms with van der Waals surface area (Å²) in [5, 5.41) is 16.6. The zero-order chi connectivity index (χ0) is 15.2. The van der Waals surface area contributed by atoms with Crippen molar-refractivity contribution in [2.45, 2.75) is 33.3 Å². The number of aryl methyl sites for hydroxylation is 2. The summed E-state index contributed by atoms with van der Waals surface area (Å²) in [6.45, 7) is 4.52. The van der Waals surface area contributed by atoms with Crippen LogP contribution in [0.3, 0.4) is 0 Å². The van der Waals surface area contributed by atoms with Crippen LogP contribution in [0.1, 0.15) is 37.2 Å². The molecule has 5 heteroatoms. The van der Waals surface area contributed by atoms with Crippen LogP contribution in [0.15, 0.2) is 35.5 Å². The Kier molecular flexibility index (Phi) is 4.98. The first-order valence-corrected chi connectivity index (χ1v) is 7.13. The van der Waals surface area contributed by atoms with Gasteiger partial charge < -0.3 is 9.94 Å². The summed E-state index contributed by atoms with van der Waals surface area (Å²) in [4.78, 5) is 0. The minimum absolute atomic E-state index is 0.484. The van der Waals surface area contributed by atoms with Crippen LogP contribution in [0.25, 0.3) is 0 Å². The lowest BCUT2D eigenvalue weighted by Gasteiger charge is -2.07. The second-order valence-corrected chi connectivity index (χ2v) is 4.82. The molecule has 21 heavy (non-hydrogen) atoms.